The summed E-state index contributed by atoms with van der Waals surface area (Å²) >= 11 is 6.11. The lowest BCUT2D eigenvalue weighted by molar-refractivity contribution is -0.287. The Labute approximate surface area is 168 Å². The van der Waals surface area contributed by atoms with Crippen LogP contribution in [0.15, 0.2) is 48.5 Å². The van der Waals surface area contributed by atoms with Crippen molar-refractivity contribution in [3.8, 4) is 5.75 Å². The Balaban J connectivity index is 2.16. The van der Waals surface area contributed by atoms with Gasteiger partial charge in [-0.05, 0) is 35.9 Å². The SMILES string of the molecule is COc1ccc(C(=O)C2C(c3ccccc3Cl)NC(=O)NC2(O)C(F)(F)F)cc1. The van der Waals surface area contributed by atoms with Gasteiger partial charge >= 0.3 is 12.2 Å². The van der Waals surface area contributed by atoms with E-state index in [1.807, 2.05) is 0 Å². The molecule has 1 saturated heterocycles. The average Bonchev–Trinajstić information content (AvgIpc) is 2.66. The molecule has 0 radical (unpaired) electrons. The minimum atomic E-state index is -5.34. The molecule has 0 aliphatic carbocycles. The van der Waals surface area contributed by atoms with Gasteiger partial charge in [0.05, 0.1) is 13.2 Å². The molecule has 2 aromatic carbocycles. The van der Waals surface area contributed by atoms with Crippen molar-refractivity contribution < 1.29 is 32.6 Å². The van der Waals surface area contributed by atoms with Crippen LogP contribution in [0, 0.1) is 5.92 Å². The number of urea groups is 1. The predicted octanol–water partition coefficient (Wildman–Crippen LogP) is 3.45. The van der Waals surface area contributed by atoms with E-state index in [0.717, 1.165) is 0 Å². The van der Waals surface area contributed by atoms with Gasteiger partial charge in [-0.1, -0.05) is 29.8 Å². The van der Waals surface area contributed by atoms with Crippen LogP contribution in [0.1, 0.15) is 22.0 Å². The molecule has 0 bridgehead atoms. The number of hydrogen-bond acceptors (Lipinski definition) is 4. The van der Waals surface area contributed by atoms with E-state index in [2.05, 4.69) is 5.32 Å². The Morgan fingerprint density at radius 2 is 1.79 bits per heavy atom. The first-order valence-electron chi connectivity index (χ1n) is 8.39. The van der Waals surface area contributed by atoms with E-state index in [4.69, 9.17) is 16.3 Å². The van der Waals surface area contributed by atoms with Gasteiger partial charge in [-0.15, -0.1) is 0 Å². The molecular formula is C19H16ClF3N2O4. The molecule has 3 unspecified atom stereocenters. The number of methoxy groups -OCH3 is 1. The highest BCUT2D eigenvalue weighted by Gasteiger charge is 2.66. The van der Waals surface area contributed by atoms with Crippen LogP contribution in [0.2, 0.25) is 5.02 Å². The van der Waals surface area contributed by atoms with E-state index in [1.54, 1.807) is 6.07 Å². The standard InChI is InChI=1S/C19H16ClF3N2O4/c1-29-11-8-6-10(7-9-11)16(26)14-15(12-4-2-3-5-13(12)20)24-17(27)25-18(14,28)19(21,22)23/h2-9,14-15,28H,1H3,(H2,24,25,27). The highest BCUT2D eigenvalue weighted by molar-refractivity contribution is 6.31. The Morgan fingerprint density at radius 3 is 2.34 bits per heavy atom. The number of benzene rings is 2. The molecular weight excluding hydrogens is 413 g/mol. The monoisotopic (exact) mass is 428 g/mol. The number of aliphatic hydroxyl groups is 1. The number of nitrogens with one attached hydrogen (secondary N) is 2. The first-order valence-corrected chi connectivity index (χ1v) is 8.76. The van der Waals surface area contributed by atoms with Crippen LogP contribution in [0.3, 0.4) is 0 Å². The molecule has 3 N–H and O–H groups in total. The number of ether oxygens (including phenoxy) is 1. The van der Waals surface area contributed by atoms with Crippen molar-refractivity contribution in [2.75, 3.05) is 7.11 Å². The van der Waals surface area contributed by atoms with Gasteiger partial charge in [0.15, 0.2) is 5.78 Å². The zero-order valence-electron chi connectivity index (χ0n) is 15.0. The largest absolute Gasteiger partial charge is 0.497 e. The third-order valence-corrected chi connectivity index (χ3v) is 5.05. The van der Waals surface area contributed by atoms with Crippen molar-refractivity contribution >= 4 is 23.4 Å². The molecule has 3 rings (SSSR count). The second-order valence-corrected chi connectivity index (χ2v) is 6.84. The van der Waals surface area contributed by atoms with E-state index in [-0.39, 0.29) is 16.1 Å². The second kappa shape index (κ2) is 7.57. The Kier molecular flexibility index (Phi) is 5.46. The van der Waals surface area contributed by atoms with E-state index < -0.39 is 35.7 Å². The first kappa shape index (κ1) is 20.9. The van der Waals surface area contributed by atoms with Gasteiger partial charge < -0.3 is 20.5 Å². The van der Waals surface area contributed by atoms with E-state index in [9.17, 15) is 27.9 Å². The van der Waals surface area contributed by atoms with Gasteiger partial charge in [0, 0.05) is 10.6 Å². The molecule has 0 aromatic heterocycles. The van der Waals surface area contributed by atoms with Crippen molar-refractivity contribution in [3.63, 3.8) is 0 Å². The predicted molar refractivity (Wildman–Crippen MR) is 97.7 cm³/mol. The summed E-state index contributed by atoms with van der Waals surface area (Å²) in [5.41, 5.74) is -3.84. The van der Waals surface area contributed by atoms with Crippen LogP contribution in [0.5, 0.6) is 5.75 Å². The number of alkyl halides is 3. The summed E-state index contributed by atoms with van der Waals surface area (Å²) in [6, 6.07) is 8.37. The van der Waals surface area contributed by atoms with E-state index in [0.29, 0.717) is 5.75 Å². The first-order chi connectivity index (χ1) is 13.6. The number of amides is 2. The molecule has 29 heavy (non-hydrogen) atoms. The molecule has 154 valence electrons. The Hall–Kier alpha value is -2.78. The highest BCUT2D eigenvalue weighted by Crippen LogP contribution is 2.45. The van der Waals surface area contributed by atoms with Gasteiger partial charge in [0.2, 0.25) is 5.72 Å². The van der Waals surface area contributed by atoms with Gasteiger partial charge in [-0.2, -0.15) is 13.2 Å². The zero-order valence-corrected chi connectivity index (χ0v) is 15.7. The molecule has 3 atom stereocenters. The Bertz CT molecular complexity index is 936. The summed E-state index contributed by atoms with van der Waals surface area (Å²) in [5, 5.41) is 14.3. The van der Waals surface area contributed by atoms with E-state index >= 15 is 0 Å². The lowest BCUT2D eigenvalue weighted by Gasteiger charge is -2.45. The lowest BCUT2D eigenvalue weighted by Crippen LogP contribution is -2.72. The topological polar surface area (TPSA) is 87.7 Å². The molecule has 2 aromatic rings. The fourth-order valence-corrected chi connectivity index (χ4v) is 3.51. The molecule has 1 aliphatic heterocycles. The number of ketones is 1. The molecule has 1 heterocycles. The van der Waals surface area contributed by atoms with Crippen LogP contribution < -0.4 is 15.4 Å². The highest BCUT2D eigenvalue weighted by atomic mass is 35.5. The molecule has 0 spiro atoms. The maximum atomic E-state index is 13.8. The molecule has 10 heteroatoms. The smallest absolute Gasteiger partial charge is 0.437 e. The molecule has 1 fully saturated rings. The summed E-state index contributed by atoms with van der Waals surface area (Å²) in [4.78, 5) is 25.1. The maximum absolute atomic E-state index is 13.8. The summed E-state index contributed by atoms with van der Waals surface area (Å²) < 4.78 is 46.5. The quantitative estimate of drug-likeness (QED) is 0.651. The number of Topliss-reactive ketones (excluding diaryl/α,β-unsaturated/α-hetero) is 1. The zero-order chi connectivity index (χ0) is 21.4. The van der Waals surface area contributed by atoms with Crippen molar-refractivity contribution in [1.29, 1.82) is 0 Å². The number of halogens is 4. The molecule has 6 nitrogen and oxygen atoms in total. The van der Waals surface area contributed by atoms with Crippen LogP contribution >= 0.6 is 11.6 Å². The number of hydrogen-bond donors (Lipinski definition) is 3. The molecule has 2 amide bonds. The van der Waals surface area contributed by atoms with Crippen LogP contribution in [0.4, 0.5) is 18.0 Å². The lowest BCUT2D eigenvalue weighted by atomic mass is 9.77. The molecule has 1 aliphatic rings. The number of carbonyl (C=O) groups is 2. The van der Waals surface area contributed by atoms with E-state index in [1.165, 1.54) is 54.9 Å². The molecule has 0 saturated carbocycles. The third-order valence-electron chi connectivity index (χ3n) is 4.70. The van der Waals surface area contributed by atoms with Crippen LogP contribution in [-0.2, 0) is 0 Å². The van der Waals surface area contributed by atoms with Crippen molar-refractivity contribution in [1.82, 2.24) is 10.6 Å². The van der Waals surface area contributed by atoms with Gasteiger partial charge in [0.1, 0.15) is 11.7 Å². The number of carbonyl (C=O) groups excluding carboxylic acids is 2. The summed E-state index contributed by atoms with van der Waals surface area (Å²) in [7, 11) is 1.40. The van der Waals surface area contributed by atoms with Crippen LogP contribution in [-0.4, -0.2) is 35.9 Å². The third kappa shape index (κ3) is 3.75. The van der Waals surface area contributed by atoms with Gasteiger partial charge in [-0.25, -0.2) is 4.79 Å². The second-order valence-electron chi connectivity index (χ2n) is 6.43. The average molecular weight is 429 g/mol. The Morgan fingerprint density at radius 1 is 1.17 bits per heavy atom. The normalized spacial score (nSPS) is 24.4. The van der Waals surface area contributed by atoms with Crippen molar-refractivity contribution in [2.45, 2.75) is 17.9 Å². The van der Waals surface area contributed by atoms with Crippen molar-refractivity contribution in [2.24, 2.45) is 5.92 Å². The minimum Gasteiger partial charge on any atom is -0.497 e. The van der Waals surface area contributed by atoms with Gasteiger partial charge in [0.25, 0.3) is 0 Å². The maximum Gasteiger partial charge on any atom is 0.437 e. The fourth-order valence-electron chi connectivity index (χ4n) is 3.26. The minimum absolute atomic E-state index is 0.0387. The summed E-state index contributed by atoms with van der Waals surface area (Å²) in [5.74, 6) is -2.79. The van der Waals surface area contributed by atoms with Crippen molar-refractivity contribution in [3.05, 3.63) is 64.7 Å². The summed E-state index contributed by atoms with van der Waals surface area (Å²) in [6.07, 6.45) is -5.34. The van der Waals surface area contributed by atoms with Crippen LogP contribution in [0.25, 0.3) is 0 Å². The van der Waals surface area contributed by atoms with Gasteiger partial charge in [-0.3, -0.25) is 4.79 Å². The summed E-state index contributed by atoms with van der Waals surface area (Å²) in [6.45, 7) is 0. The fraction of sp³-hybridized carbons (Fsp3) is 0.263. The number of rotatable bonds is 4.